The maximum Gasteiger partial charge on any atom is 0.261 e. The fourth-order valence-electron chi connectivity index (χ4n) is 6.34. The van der Waals surface area contributed by atoms with E-state index in [0.29, 0.717) is 83.0 Å². The first-order valence-corrected chi connectivity index (χ1v) is 19.3. The van der Waals surface area contributed by atoms with Crippen LogP contribution in [0.25, 0.3) is 21.8 Å². The second-order valence-corrected chi connectivity index (χ2v) is 13.5. The molecular formula is C45H37BrClF2N7O2. The van der Waals surface area contributed by atoms with Crippen molar-refractivity contribution in [3.63, 3.8) is 0 Å². The molecule has 2 aliphatic rings. The molecule has 13 heteroatoms. The summed E-state index contributed by atoms with van der Waals surface area (Å²) in [5.41, 5.74) is 3.86. The molecule has 4 heterocycles. The Kier molecular flexibility index (Phi) is 15.5. The third-order valence-electron chi connectivity index (χ3n) is 9.12. The van der Waals surface area contributed by atoms with Crippen LogP contribution >= 0.6 is 28.3 Å². The molecule has 0 atom stereocenters. The van der Waals surface area contributed by atoms with Crippen LogP contribution in [0, 0.1) is 59.0 Å². The number of terminal acetylenes is 1. The minimum Gasteiger partial charge on any atom is -0.315 e. The molecule has 0 fully saturated rings. The van der Waals surface area contributed by atoms with Gasteiger partial charge in [-0.1, -0.05) is 57.7 Å². The molecule has 6 aromatic rings. The van der Waals surface area contributed by atoms with Gasteiger partial charge in [-0.15, -0.1) is 18.8 Å². The molecule has 0 amide bonds. The molecule has 0 spiro atoms. The van der Waals surface area contributed by atoms with E-state index >= 15 is 0 Å². The van der Waals surface area contributed by atoms with Gasteiger partial charge in [0.15, 0.2) is 0 Å². The van der Waals surface area contributed by atoms with E-state index in [9.17, 15) is 18.4 Å². The van der Waals surface area contributed by atoms with E-state index in [1.54, 1.807) is 63.7 Å². The molecule has 2 aliphatic heterocycles. The molecule has 0 aliphatic carbocycles. The van der Waals surface area contributed by atoms with Crippen molar-refractivity contribution >= 4 is 50.1 Å². The zero-order chi connectivity index (χ0) is 40.1. The first-order valence-electron chi connectivity index (χ1n) is 18.2. The summed E-state index contributed by atoms with van der Waals surface area (Å²) in [4.78, 5) is 36.9. The van der Waals surface area contributed by atoms with E-state index in [1.165, 1.54) is 24.3 Å². The zero-order valence-corrected chi connectivity index (χ0v) is 33.7. The fourth-order valence-corrected chi connectivity index (χ4v) is 6.34. The summed E-state index contributed by atoms with van der Waals surface area (Å²) in [6, 6.07) is 25.2. The van der Waals surface area contributed by atoms with Crippen molar-refractivity contribution in [2.24, 2.45) is 0 Å². The molecule has 0 saturated heterocycles. The molecule has 1 N–H and O–H groups in total. The molecule has 9 nitrogen and oxygen atoms in total. The van der Waals surface area contributed by atoms with Crippen LogP contribution in [-0.4, -0.2) is 62.1 Å². The second kappa shape index (κ2) is 20.9. The molecule has 0 unspecified atom stereocenters. The third-order valence-corrected chi connectivity index (χ3v) is 9.44. The highest BCUT2D eigenvalue weighted by Crippen LogP contribution is 2.15. The molecule has 8 rings (SSSR count). The highest BCUT2D eigenvalue weighted by Gasteiger charge is 2.18. The number of benzene rings is 4. The van der Waals surface area contributed by atoms with Crippen molar-refractivity contribution in [3.05, 3.63) is 151 Å². The Hall–Kier alpha value is -6.12. The molecule has 0 saturated carbocycles. The topological polar surface area (TPSA) is 109 Å². The highest BCUT2D eigenvalue weighted by atomic mass is 79.9. The Morgan fingerprint density at radius 2 is 1.19 bits per heavy atom. The number of hydrogen-bond acceptors (Lipinski definition) is 7. The number of nitrogens with one attached hydrogen (secondary N) is 1. The van der Waals surface area contributed by atoms with Gasteiger partial charge in [0.05, 0.1) is 39.7 Å². The molecule has 292 valence electrons. The van der Waals surface area contributed by atoms with Crippen LogP contribution in [0.5, 0.6) is 0 Å². The Balaban J connectivity index is 0.000000200. The zero-order valence-electron chi connectivity index (χ0n) is 31.3. The van der Waals surface area contributed by atoms with Crippen molar-refractivity contribution < 1.29 is 8.78 Å². The average Bonchev–Trinajstić information content (AvgIpc) is 3.59. The van der Waals surface area contributed by atoms with Crippen LogP contribution in [0.4, 0.5) is 8.78 Å². The maximum atomic E-state index is 13.3. The minimum atomic E-state index is -0.326. The highest BCUT2D eigenvalue weighted by molar-refractivity contribution is 9.09. The lowest BCUT2D eigenvalue weighted by Crippen LogP contribution is -2.29. The van der Waals surface area contributed by atoms with Crippen molar-refractivity contribution in [2.45, 2.75) is 25.9 Å². The quantitative estimate of drug-likeness (QED) is 0.126. The first kappa shape index (κ1) is 43.0. The smallest absolute Gasteiger partial charge is 0.261 e. The SMILES string of the molecule is C#CCBr.Cl.N#CCN1CCc2nc3cc(C#Cc4cccc(F)c4)ccc3c(=O)n2CC1.O=c1c2ccc(C#Cc3cccc(F)c3)cc2nc2n1CCNCC2. The molecule has 4 aromatic carbocycles. The van der Waals surface area contributed by atoms with Crippen molar-refractivity contribution in [1.82, 2.24) is 29.3 Å². The van der Waals surface area contributed by atoms with Gasteiger partial charge in [0.2, 0.25) is 0 Å². The van der Waals surface area contributed by atoms with Gasteiger partial charge in [-0.2, -0.15) is 5.26 Å². The Morgan fingerprint density at radius 3 is 1.69 bits per heavy atom. The van der Waals surface area contributed by atoms with Gasteiger partial charge >= 0.3 is 0 Å². The number of rotatable bonds is 1. The molecule has 0 radical (unpaired) electrons. The molecule has 0 bridgehead atoms. The van der Waals surface area contributed by atoms with Crippen LogP contribution in [0.3, 0.4) is 0 Å². The van der Waals surface area contributed by atoms with E-state index < -0.39 is 0 Å². The lowest BCUT2D eigenvalue weighted by atomic mass is 10.1. The number of aromatic nitrogens is 4. The first-order chi connectivity index (χ1) is 27.8. The molecule has 58 heavy (non-hydrogen) atoms. The lowest BCUT2D eigenvalue weighted by Gasteiger charge is -2.14. The summed E-state index contributed by atoms with van der Waals surface area (Å²) in [5, 5.41) is 14.0. The van der Waals surface area contributed by atoms with Gasteiger partial charge in [-0.3, -0.25) is 23.6 Å². The number of fused-ring (bicyclic) bond motifs is 4. The predicted octanol–water partition coefficient (Wildman–Crippen LogP) is 5.83. The summed E-state index contributed by atoms with van der Waals surface area (Å²) < 4.78 is 30.0. The Morgan fingerprint density at radius 1 is 0.690 bits per heavy atom. The van der Waals surface area contributed by atoms with E-state index in [-0.39, 0.29) is 35.2 Å². The molecular weight excluding hydrogens is 824 g/mol. The summed E-state index contributed by atoms with van der Waals surface area (Å²) in [6.07, 6.45) is 6.07. The van der Waals surface area contributed by atoms with Crippen molar-refractivity contribution in [1.29, 1.82) is 5.26 Å². The number of halogens is 4. The summed E-state index contributed by atoms with van der Waals surface area (Å²) >= 11 is 3.01. The lowest BCUT2D eigenvalue weighted by molar-refractivity contribution is 0.312. The third kappa shape index (κ3) is 11.0. The average molecular weight is 861 g/mol. The number of alkyl halides is 1. The van der Waals surface area contributed by atoms with Gasteiger partial charge in [-0.05, 0) is 72.8 Å². The van der Waals surface area contributed by atoms with Gasteiger partial charge < -0.3 is 5.32 Å². The van der Waals surface area contributed by atoms with E-state index in [4.69, 9.17) is 11.7 Å². The second-order valence-electron chi connectivity index (χ2n) is 13.0. The predicted molar refractivity (Wildman–Crippen MR) is 229 cm³/mol. The van der Waals surface area contributed by atoms with Crippen LogP contribution in [0.15, 0.2) is 94.5 Å². The van der Waals surface area contributed by atoms with Gasteiger partial charge in [0.1, 0.15) is 23.3 Å². The van der Waals surface area contributed by atoms with Gasteiger partial charge in [-0.25, -0.2) is 18.7 Å². The van der Waals surface area contributed by atoms with Gasteiger partial charge in [0.25, 0.3) is 11.1 Å². The van der Waals surface area contributed by atoms with Crippen molar-refractivity contribution in [2.75, 3.05) is 38.1 Å². The summed E-state index contributed by atoms with van der Waals surface area (Å²) in [6.45, 7) is 4.46. The Bertz CT molecular complexity index is 2790. The minimum absolute atomic E-state index is 0. The largest absolute Gasteiger partial charge is 0.315 e. The van der Waals surface area contributed by atoms with Crippen LogP contribution in [0.2, 0.25) is 0 Å². The fraction of sp³-hybridized carbons (Fsp3) is 0.222. The Labute approximate surface area is 349 Å². The summed E-state index contributed by atoms with van der Waals surface area (Å²) in [7, 11) is 0. The standard InChI is InChI=1S/C22H17FN4O.C20H16FN3O.C3H3Br.ClH/c23-18-3-1-2-16(14-18)4-5-17-6-7-19-20(15-17)25-21-8-10-26(11-9-24)12-13-27(21)22(19)28;21-16-3-1-2-14(12-16)4-5-15-6-7-17-18(13-15)23-19-8-9-22-10-11-24(19)20(17)25;1-2-3-4;/h1-3,6-7,14-15H,8,10-13H2;1-3,6-7,12-13,22H,8-11H2;1H,3H2;1H. The number of hydrogen-bond donors (Lipinski definition) is 1. The number of nitriles is 1. The van der Waals surface area contributed by atoms with E-state index in [0.717, 1.165) is 36.7 Å². The molecule has 2 aromatic heterocycles. The normalized spacial score (nSPS) is 12.9. The van der Waals surface area contributed by atoms with E-state index in [2.05, 4.69) is 66.9 Å². The van der Waals surface area contributed by atoms with Crippen molar-refractivity contribution in [3.8, 4) is 42.1 Å². The number of nitrogens with zero attached hydrogens (tertiary/aromatic N) is 6. The maximum absolute atomic E-state index is 13.3. The van der Waals surface area contributed by atoms with Crippen LogP contribution in [0.1, 0.15) is 33.9 Å². The monoisotopic (exact) mass is 859 g/mol. The summed E-state index contributed by atoms with van der Waals surface area (Å²) in [5.74, 6) is 15.1. The van der Waals surface area contributed by atoms with Crippen LogP contribution in [-0.2, 0) is 25.9 Å². The van der Waals surface area contributed by atoms with Crippen LogP contribution < -0.4 is 16.4 Å². The van der Waals surface area contributed by atoms with E-state index in [1.807, 2.05) is 11.0 Å². The van der Waals surface area contributed by atoms with Gasteiger partial charge in [0, 0.05) is 74.4 Å².